The Kier molecular flexibility index (Phi) is 2.60. The number of hydrogen-bond donors (Lipinski definition) is 0. The molecule has 0 aromatic carbocycles. The van der Waals surface area contributed by atoms with Crippen LogP contribution in [0.5, 0.6) is 0 Å². The molecular weight excluding hydrogens is 218 g/mol. The third-order valence-electron chi connectivity index (χ3n) is 2.56. The molecule has 0 spiro atoms. The monoisotopic (exact) mass is 229 g/mol. The summed E-state index contributed by atoms with van der Waals surface area (Å²) >= 11 is 0. The van der Waals surface area contributed by atoms with E-state index in [-0.39, 0.29) is 23.2 Å². The Morgan fingerprint density at radius 3 is 2.60 bits per heavy atom. The minimum Gasteiger partial charge on any atom is -0.438 e. The van der Waals surface area contributed by atoms with Crippen molar-refractivity contribution in [2.45, 2.75) is 18.8 Å². The molecule has 0 radical (unpaired) electrons. The van der Waals surface area contributed by atoms with Crippen molar-refractivity contribution in [2.75, 3.05) is 11.5 Å². The Balaban J connectivity index is 2.10. The largest absolute Gasteiger partial charge is 0.438 e. The molecule has 0 atom stereocenters. The molecule has 2 heterocycles. The molecule has 0 unspecified atom stereocenters. The van der Waals surface area contributed by atoms with E-state index in [2.05, 4.69) is 4.98 Å². The second-order valence-electron chi connectivity index (χ2n) is 3.64. The zero-order valence-electron chi connectivity index (χ0n) is 8.05. The Hall–Kier alpha value is -1.17. The van der Waals surface area contributed by atoms with Gasteiger partial charge in [-0.15, -0.1) is 0 Å². The second-order valence-corrected chi connectivity index (χ2v) is 5.95. The van der Waals surface area contributed by atoms with Crippen molar-refractivity contribution >= 4 is 16.1 Å². The molecule has 2 rings (SSSR count). The normalized spacial score (nSPS) is 21.3. The van der Waals surface area contributed by atoms with Gasteiger partial charge in [-0.05, 0) is 12.8 Å². The zero-order valence-corrected chi connectivity index (χ0v) is 8.87. The van der Waals surface area contributed by atoms with Crippen LogP contribution < -0.4 is 0 Å². The van der Waals surface area contributed by atoms with Crippen molar-refractivity contribution in [1.82, 2.24) is 4.98 Å². The molecule has 0 bridgehead atoms. The van der Waals surface area contributed by atoms with Crippen LogP contribution in [0.15, 0.2) is 10.6 Å². The summed E-state index contributed by atoms with van der Waals surface area (Å²) in [7, 11) is -2.86. The predicted molar refractivity (Wildman–Crippen MR) is 52.5 cm³/mol. The summed E-state index contributed by atoms with van der Waals surface area (Å²) in [5, 5.41) is 0. The van der Waals surface area contributed by atoms with Crippen LogP contribution in [-0.2, 0) is 9.84 Å². The predicted octanol–water partition coefficient (Wildman–Crippen LogP) is 0.779. The van der Waals surface area contributed by atoms with Crippen LogP contribution in [0.1, 0.15) is 35.2 Å². The lowest BCUT2D eigenvalue weighted by molar-refractivity contribution is 0.109. The number of oxazole rings is 1. The molecule has 1 saturated heterocycles. The number of aromatic nitrogens is 1. The summed E-state index contributed by atoms with van der Waals surface area (Å²) in [6.07, 6.45) is 3.02. The summed E-state index contributed by atoms with van der Waals surface area (Å²) in [5.41, 5.74) is 0. The number of hydrogen-bond acceptors (Lipinski definition) is 5. The van der Waals surface area contributed by atoms with Gasteiger partial charge in [-0.1, -0.05) is 0 Å². The fourth-order valence-electron chi connectivity index (χ4n) is 1.68. The molecule has 1 aliphatic rings. The van der Waals surface area contributed by atoms with Gasteiger partial charge in [0.05, 0.1) is 17.7 Å². The molecule has 15 heavy (non-hydrogen) atoms. The van der Waals surface area contributed by atoms with E-state index in [1.54, 1.807) is 0 Å². The van der Waals surface area contributed by atoms with Gasteiger partial charge in [0.1, 0.15) is 9.84 Å². The van der Waals surface area contributed by atoms with Gasteiger partial charge in [0.25, 0.3) is 0 Å². The zero-order chi connectivity index (χ0) is 10.9. The van der Waals surface area contributed by atoms with Crippen molar-refractivity contribution in [3.63, 3.8) is 0 Å². The van der Waals surface area contributed by atoms with E-state index >= 15 is 0 Å². The van der Waals surface area contributed by atoms with E-state index in [9.17, 15) is 13.2 Å². The van der Waals surface area contributed by atoms with E-state index in [1.807, 2.05) is 0 Å². The maximum absolute atomic E-state index is 11.2. The van der Waals surface area contributed by atoms with Crippen LogP contribution in [-0.4, -0.2) is 31.2 Å². The van der Waals surface area contributed by atoms with E-state index < -0.39 is 9.84 Å². The smallest absolute Gasteiger partial charge is 0.198 e. The number of sulfone groups is 1. The summed E-state index contributed by atoms with van der Waals surface area (Å²) < 4.78 is 27.5. The highest BCUT2D eigenvalue weighted by Crippen LogP contribution is 2.28. The van der Waals surface area contributed by atoms with Gasteiger partial charge in [0.15, 0.2) is 17.9 Å². The molecule has 0 N–H and O–H groups in total. The fourth-order valence-corrected chi connectivity index (χ4v) is 3.17. The molecule has 82 valence electrons. The minimum absolute atomic E-state index is 0.0298. The van der Waals surface area contributed by atoms with Crippen LogP contribution in [0.4, 0.5) is 0 Å². The maximum Gasteiger partial charge on any atom is 0.198 e. The molecule has 0 aliphatic carbocycles. The molecular formula is C9H11NO4S. The maximum atomic E-state index is 11.2. The van der Waals surface area contributed by atoms with Gasteiger partial charge in [-0.25, -0.2) is 13.4 Å². The summed E-state index contributed by atoms with van der Waals surface area (Å²) in [6.45, 7) is 0. The van der Waals surface area contributed by atoms with Gasteiger partial charge in [-0.3, -0.25) is 4.79 Å². The number of nitrogens with zero attached hydrogens (tertiary/aromatic N) is 1. The average Bonchev–Trinajstić information content (AvgIpc) is 2.66. The topological polar surface area (TPSA) is 77.2 Å². The highest BCUT2D eigenvalue weighted by Gasteiger charge is 2.27. The van der Waals surface area contributed by atoms with Gasteiger partial charge >= 0.3 is 0 Å². The summed E-state index contributed by atoms with van der Waals surface area (Å²) in [4.78, 5) is 14.3. The first-order valence-electron chi connectivity index (χ1n) is 4.72. The average molecular weight is 229 g/mol. The first kappa shape index (κ1) is 10.4. The minimum atomic E-state index is -2.86. The Morgan fingerprint density at radius 1 is 1.40 bits per heavy atom. The third-order valence-corrected chi connectivity index (χ3v) is 4.28. The number of rotatable bonds is 2. The lowest BCUT2D eigenvalue weighted by Gasteiger charge is -2.18. The van der Waals surface area contributed by atoms with Crippen molar-refractivity contribution in [1.29, 1.82) is 0 Å². The lowest BCUT2D eigenvalue weighted by Crippen LogP contribution is -2.22. The molecule has 5 nitrogen and oxygen atoms in total. The Morgan fingerprint density at radius 2 is 2.07 bits per heavy atom. The van der Waals surface area contributed by atoms with E-state index in [0.717, 1.165) is 0 Å². The molecule has 6 heteroatoms. The number of carbonyl (C=O) groups is 1. The highest BCUT2D eigenvalue weighted by atomic mass is 32.2. The van der Waals surface area contributed by atoms with Gasteiger partial charge in [0.2, 0.25) is 0 Å². The van der Waals surface area contributed by atoms with Crippen LogP contribution in [0.2, 0.25) is 0 Å². The quantitative estimate of drug-likeness (QED) is 0.700. The molecule has 0 saturated carbocycles. The highest BCUT2D eigenvalue weighted by molar-refractivity contribution is 7.91. The fraction of sp³-hybridized carbons (Fsp3) is 0.556. The van der Waals surface area contributed by atoms with E-state index in [0.29, 0.717) is 25.0 Å². The van der Waals surface area contributed by atoms with Gasteiger partial charge < -0.3 is 4.42 Å². The summed E-state index contributed by atoms with van der Waals surface area (Å²) in [6, 6.07) is 0. The van der Waals surface area contributed by atoms with Crippen LogP contribution in [0.3, 0.4) is 0 Å². The number of aldehydes is 1. The van der Waals surface area contributed by atoms with Crippen molar-refractivity contribution < 1.29 is 17.6 Å². The van der Waals surface area contributed by atoms with Crippen molar-refractivity contribution in [3.05, 3.63) is 17.8 Å². The van der Waals surface area contributed by atoms with Crippen LogP contribution in [0.25, 0.3) is 0 Å². The first-order chi connectivity index (χ1) is 7.11. The summed E-state index contributed by atoms with van der Waals surface area (Å²) in [5.74, 6) is 1.06. The van der Waals surface area contributed by atoms with E-state index in [1.165, 1.54) is 6.20 Å². The Labute approximate surface area is 87.4 Å². The van der Waals surface area contributed by atoms with Gasteiger partial charge in [0, 0.05) is 5.92 Å². The lowest BCUT2D eigenvalue weighted by atomic mass is 10.0. The van der Waals surface area contributed by atoms with E-state index in [4.69, 9.17) is 4.42 Å². The standard InChI is InChI=1S/C9H11NO4S/c11-6-8-5-10-9(14-8)7-1-3-15(12,13)4-2-7/h5-7H,1-4H2. The van der Waals surface area contributed by atoms with Crippen LogP contribution in [0, 0.1) is 0 Å². The second kappa shape index (κ2) is 3.77. The van der Waals surface area contributed by atoms with Crippen molar-refractivity contribution in [2.24, 2.45) is 0 Å². The molecule has 1 aromatic rings. The SMILES string of the molecule is O=Cc1cnc(C2CCS(=O)(=O)CC2)o1. The van der Waals surface area contributed by atoms with Crippen molar-refractivity contribution in [3.8, 4) is 0 Å². The van der Waals surface area contributed by atoms with Crippen LogP contribution >= 0.6 is 0 Å². The third kappa shape index (κ3) is 2.26. The first-order valence-corrected chi connectivity index (χ1v) is 6.54. The molecule has 1 aromatic heterocycles. The number of carbonyl (C=O) groups excluding carboxylic acids is 1. The van der Waals surface area contributed by atoms with Gasteiger partial charge in [-0.2, -0.15) is 0 Å². The molecule has 1 fully saturated rings. The molecule has 1 aliphatic heterocycles. The molecule has 0 amide bonds. The Bertz CT molecular complexity index is 448.